The molecule has 0 aliphatic rings. The quantitative estimate of drug-likeness (QED) is 0.492. The first-order valence-corrected chi connectivity index (χ1v) is 13.1. The Balaban J connectivity index is 2.05. The molecule has 1 amide bonds. The Morgan fingerprint density at radius 3 is 2.10 bits per heavy atom. The number of benzene rings is 2. The lowest BCUT2D eigenvalue weighted by atomic mass is 9.99. The van der Waals surface area contributed by atoms with E-state index in [1.54, 1.807) is 12.1 Å². The molecule has 170 valence electrons. The summed E-state index contributed by atoms with van der Waals surface area (Å²) < 4.78 is 26.2. The normalized spacial score (nSPS) is 12.4. The highest BCUT2D eigenvalue weighted by atomic mass is 32.2. The Labute approximate surface area is 187 Å². The molecule has 0 saturated heterocycles. The zero-order valence-corrected chi connectivity index (χ0v) is 20.0. The van der Waals surface area contributed by atoms with Crippen LogP contribution in [0.5, 0.6) is 0 Å². The van der Waals surface area contributed by atoms with Crippen molar-refractivity contribution in [3.05, 3.63) is 65.2 Å². The van der Waals surface area contributed by atoms with Crippen LogP contribution in [-0.2, 0) is 23.0 Å². The average molecular weight is 445 g/mol. The molecule has 2 aromatic carbocycles. The standard InChI is InChI=1S/C25H36N2O3S/c1-5-8-9-21(7-3)18-26-25(28)23-14-10-22(11-15-23)19-27(31(4,29)30)24-16-12-20(6-2)13-17-24/h10-17,21H,5-9,18-19H2,1-4H3,(H,26,28)/t21-/m0/s1. The molecule has 0 radical (unpaired) electrons. The highest BCUT2D eigenvalue weighted by Gasteiger charge is 2.18. The van der Waals surface area contributed by atoms with E-state index in [0.29, 0.717) is 23.7 Å². The van der Waals surface area contributed by atoms with Crippen molar-refractivity contribution in [3.63, 3.8) is 0 Å². The van der Waals surface area contributed by atoms with Gasteiger partial charge in [0.15, 0.2) is 0 Å². The SMILES string of the molecule is CCCC[C@H](CC)CNC(=O)c1ccc(CN(c2ccc(CC)cc2)S(C)(=O)=O)cc1. The molecule has 2 rings (SSSR count). The Morgan fingerprint density at radius 2 is 1.58 bits per heavy atom. The average Bonchev–Trinajstić information content (AvgIpc) is 2.77. The summed E-state index contributed by atoms with van der Waals surface area (Å²) in [6.07, 6.45) is 6.65. The monoisotopic (exact) mass is 444 g/mol. The van der Waals surface area contributed by atoms with Gasteiger partial charge in [0.1, 0.15) is 0 Å². The summed E-state index contributed by atoms with van der Waals surface area (Å²) in [7, 11) is -3.44. The van der Waals surface area contributed by atoms with Crippen LogP contribution in [0.15, 0.2) is 48.5 Å². The largest absolute Gasteiger partial charge is 0.352 e. The predicted octanol–water partition coefficient (Wildman–Crippen LogP) is 5.16. The molecule has 0 fully saturated rings. The van der Waals surface area contributed by atoms with Gasteiger partial charge in [-0.15, -0.1) is 0 Å². The summed E-state index contributed by atoms with van der Waals surface area (Å²) in [5.74, 6) is 0.419. The van der Waals surface area contributed by atoms with Crippen molar-refractivity contribution in [3.8, 4) is 0 Å². The number of hydrogen-bond acceptors (Lipinski definition) is 3. The molecule has 0 unspecified atom stereocenters. The van der Waals surface area contributed by atoms with Crippen molar-refractivity contribution in [1.29, 1.82) is 0 Å². The topological polar surface area (TPSA) is 66.5 Å². The van der Waals surface area contributed by atoms with E-state index in [1.165, 1.54) is 23.4 Å². The van der Waals surface area contributed by atoms with E-state index in [2.05, 4.69) is 26.1 Å². The van der Waals surface area contributed by atoms with Crippen LogP contribution < -0.4 is 9.62 Å². The predicted molar refractivity (Wildman–Crippen MR) is 129 cm³/mol. The summed E-state index contributed by atoms with van der Waals surface area (Å²) >= 11 is 0. The number of anilines is 1. The Bertz CT molecular complexity index is 922. The fraction of sp³-hybridized carbons (Fsp3) is 0.480. The second-order valence-electron chi connectivity index (χ2n) is 8.11. The number of rotatable bonds is 12. The highest BCUT2D eigenvalue weighted by Crippen LogP contribution is 2.22. The molecule has 0 saturated carbocycles. The van der Waals surface area contributed by atoms with Crippen LogP contribution in [-0.4, -0.2) is 27.1 Å². The van der Waals surface area contributed by atoms with Crippen LogP contribution in [0.1, 0.15) is 67.9 Å². The smallest absolute Gasteiger partial charge is 0.251 e. The summed E-state index contributed by atoms with van der Waals surface area (Å²) in [6, 6.07) is 14.7. The number of aryl methyl sites for hydroxylation is 1. The van der Waals surface area contributed by atoms with Crippen molar-refractivity contribution in [1.82, 2.24) is 5.32 Å². The van der Waals surface area contributed by atoms with Gasteiger partial charge in [0.25, 0.3) is 5.91 Å². The second kappa shape index (κ2) is 11.9. The van der Waals surface area contributed by atoms with Gasteiger partial charge in [-0.05, 0) is 54.2 Å². The molecule has 0 aliphatic heterocycles. The van der Waals surface area contributed by atoms with E-state index in [-0.39, 0.29) is 12.5 Å². The van der Waals surface area contributed by atoms with Crippen molar-refractivity contribution in [2.24, 2.45) is 5.92 Å². The molecule has 1 N–H and O–H groups in total. The zero-order valence-electron chi connectivity index (χ0n) is 19.2. The molecule has 0 heterocycles. The summed E-state index contributed by atoms with van der Waals surface area (Å²) in [5.41, 5.74) is 3.22. The van der Waals surface area contributed by atoms with E-state index in [9.17, 15) is 13.2 Å². The first-order chi connectivity index (χ1) is 14.8. The zero-order chi connectivity index (χ0) is 22.9. The van der Waals surface area contributed by atoms with Gasteiger partial charge in [0, 0.05) is 12.1 Å². The summed E-state index contributed by atoms with van der Waals surface area (Å²) in [6.45, 7) is 7.31. The van der Waals surface area contributed by atoms with E-state index in [4.69, 9.17) is 0 Å². The molecular formula is C25H36N2O3S. The Hall–Kier alpha value is -2.34. The maximum absolute atomic E-state index is 12.5. The third kappa shape index (κ3) is 7.69. The molecule has 1 atom stereocenters. The maximum Gasteiger partial charge on any atom is 0.251 e. The molecule has 2 aromatic rings. The Kier molecular flexibility index (Phi) is 9.56. The molecule has 0 aromatic heterocycles. The highest BCUT2D eigenvalue weighted by molar-refractivity contribution is 7.92. The number of nitrogens with zero attached hydrogens (tertiary/aromatic N) is 1. The second-order valence-corrected chi connectivity index (χ2v) is 10.0. The number of amides is 1. The number of sulfonamides is 1. The van der Waals surface area contributed by atoms with Crippen LogP contribution in [0.25, 0.3) is 0 Å². The summed E-state index contributed by atoms with van der Waals surface area (Å²) in [5, 5.41) is 3.03. The van der Waals surface area contributed by atoms with Crippen LogP contribution >= 0.6 is 0 Å². The van der Waals surface area contributed by atoms with Gasteiger partial charge in [-0.3, -0.25) is 9.10 Å². The fourth-order valence-corrected chi connectivity index (χ4v) is 4.40. The fourth-order valence-electron chi connectivity index (χ4n) is 3.51. The van der Waals surface area contributed by atoms with Crippen LogP contribution in [0.2, 0.25) is 0 Å². The van der Waals surface area contributed by atoms with Gasteiger partial charge in [0.2, 0.25) is 10.0 Å². The van der Waals surface area contributed by atoms with Crippen LogP contribution in [0.4, 0.5) is 5.69 Å². The number of carbonyl (C=O) groups excluding carboxylic acids is 1. The van der Waals surface area contributed by atoms with E-state index >= 15 is 0 Å². The molecule has 0 aliphatic carbocycles. The molecule has 31 heavy (non-hydrogen) atoms. The number of nitrogens with one attached hydrogen (secondary N) is 1. The third-order valence-corrected chi connectivity index (χ3v) is 6.81. The van der Waals surface area contributed by atoms with Gasteiger partial charge in [-0.2, -0.15) is 0 Å². The van der Waals surface area contributed by atoms with Gasteiger partial charge in [-0.25, -0.2) is 8.42 Å². The molecule has 5 nitrogen and oxygen atoms in total. The van der Waals surface area contributed by atoms with E-state index in [0.717, 1.165) is 30.4 Å². The van der Waals surface area contributed by atoms with Crippen molar-refractivity contribution >= 4 is 21.6 Å². The lowest BCUT2D eigenvalue weighted by molar-refractivity contribution is 0.0946. The lowest BCUT2D eigenvalue weighted by Gasteiger charge is -2.23. The van der Waals surface area contributed by atoms with E-state index in [1.807, 2.05) is 36.4 Å². The van der Waals surface area contributed by atoms with Crippen LogP contribution in [0.3, 0.4) is 0 Å². The minimum absolute atomic E-state index is 0.0865. The minimum Gasteiger partial charge on any atom is -0.352 e. The summed E-state index contributed by atoms with van der Waals surface area (Å²) in [4.78, 5) is 12.5. The van der Waals surface area contributed by atoms with Crippen molar-refractivity contribution in [2.45, 2.75) is 59.4 Å². The Morgan fingerprint density at radius 1 is 0.968 bits per heavy atom. The maximum atomic E-state index is 12.5. The molecule has 0 spiro atoms. The van der Waals surface area contributed by atoms with Gasteiger partial charge >= 0.3 is 0 Å². The van der Waals surface area contributed by atoms with Crippen molar-refractivity contribution < 1.29 is 13.2 Å². The van der Waals surface area contributed by atoms with Gasteiger partial charge < -0.3 is 5.32 Å². The first kappa shape index (κ1) is 24.9. The number of carbonyl (C=O) groups is 1. The first-order valence-electron chi connectivity index (χ1n) is 11.2. The number of unbranched alkanes of at least 4 members (excludes halogenated alkanes) is 1. The minimum atomic E-state index is -3.44. The van der Waals surface area contributed by atoms with E-state index < -0.39 is 10.0 Å². The number of hydrogen-bond donors (Lipinski definition) is 1. The van der Waals surface area contributed by atoms with Crippen LogP contribution in [0, 0.1) is 5.92 Å². The molecule has 0 bridgehead atoms. The van der Waals surface area contributed by atoms with Gasteiger partial charge in [-0.1, -0.05) is 64.3 Å². The molecule has 6 heteroatoms. The van der Waals surface area contributed by atoms with Gasteiger partial charge in [0.05, 0.1) is 18.5 Å². The van der Waals surface area contributed by atoms with Crippen molar-refractivity contribution in [2.75, 3.05) is 17.1 Å². The third-order valence-electron chi connectivity index (χ3n) is 5.67. The molecular weight excluding hydrogens is 408 g/mol. The lowest BCUT2D eigenvalue weighted by Crippen LogP contribution is -2.30.